The number of anilines is 1. The molecule has 0 radical (unpaired) electrons. The van der Waals surface area contributed by atoms with Crippen molar-refractivity contribution in [3.05, 3.63) is 52.9 Å². The summed E-state index contributed by atoms with van der Waals surface area (Å²) in [5, 5.41) is 9.40. The summed E-state index contributed by atoms with van der Waals surface area (Å²) >= 11 is 6.21. The minimum absolute atomic E-state index is 0.404. The standard InChI is InChI=1S/C14H13ClN4/c1-2-19(10-11-3-6-17-7-4-11)14-13(15)12(9-16)5-8-18-14/h3-8H,2,10H2,1H3. The molecule has 2 aromatic heterocycles. The van der Waals surface area contributed by atoms with Gasteiger partial charge in [-0.05, 0) is 30.7 Å². The number of nitriles is 1. The van der Waals surface area contributed by atoms with Crippen molar-refractivity contribution in [2.24, 2.45) is 0 Å². The molecule has 19 heavy (non-hydrogen) atoms. The molecule has 0 saturated carbocycles. The van der Waals surface area contributed by atoms with Gasteiger partial charge in [0.25, 0.3) is 0 Å². The molecular weight excluding hydrogens is 260 g/mol. The van der Waals surface area contributed by atoms with Crippen LogP contribution in [0.4, 0.5) is 5.82 Å². The topological polar surface area (TPSA) is 52.8 Å². The fourth-order valence-electron chi connectivity index (χ4n) is 1.78. The first-order valence-corrected chi connectivity index (χ1v) is 6.32. The lowest BCUT2D eigenvalue weighted by atomic mass is 10.2. The molecule has 2 rings (SSSR count). The lowest BCUT2D eigenvalue weighted by molar-refractivity contribution is 0.812. The molecule has 2 aromatic rings. The zero-order valence-corrected chi connectivity index (χ0v) is 11.3. The van der Waals surface area contributed by atoms with Crippen molar-refractivity contribution >= 4 is 17.4 Å². The van der Waals surface area contributed by atoms with Crippen molar-refractivity contribution in [1.82, 2.24) is 9.97 Å². The number of pyridine rings is 2. The fraction of sp³-hybridized carbons (Fsp3) is 0.214. The lowest BCUT2D eigenvalue weighted by Crippen LogP contribution is -2.23. The molecule has 0 aliphatic heterocycles. The quantitative estimate of drug-likeness (QED) is 0.858. The predicted octanol–water partition coefficient (Wildman–Crippen LogP) is 3.03. The molecule has 0 amide bonds. The average molecular weight is 273 g/mol. The largest absolute Gasteiger partial charge is 0.351 e. The Labute approximate surface area is 117 Å². The summed E-state index contributed by atoms with van der Waals surface area (Å²) in [5.41, 5.74) is 1.57. The molecule has 0 spiro atoms. The van der Waals surface area contributed by atoms with Gasteiger partial charge >= 0.3 is 0 Å². The monoisotopic (exact) mass is 272 g/mol. The molecule has 0 saturated heterocycles. The number of aromatic nitrogens is 2. The van der Waals surface area contributed by atoms with Crippen molar-refractivity contribution in [3.63, 3.8) is 0 Å². The highest BCUT2D eigenvalue weighted by Crippen LogP contribution is 2.27. The zero-order valence-electron chi connectivity index (χ0n) is 10.5. The number of hydrogen-bond donors (Lipinski definition) is 0. The van der Waals surface area contributed by atoms with Gasteiger partial charge in [-0.15, -0.1) is 0 Å². The van der Waals surface area contributed by atoms with E-state index in [1.54, 1.807) is 24.7 Å². The summed E-state index contributed by atoms with van der Waals surface area (Å²) in [6.45, 7) is 3.46. The van der Waals surface area contributed by atoms with Gasteiger partial charge in [-0.25, -0.2) is 4.98 Å². The van der Waals surface area contributed by atoms with Gasteiger partial charge in [-0.3, -0.25) is 4.98 Å². The second kappa shape index (κ2) is 6.17. The highest BCUT2D eigenvalue weighted by Gasteiger charge is 2.13. The highest BCUT2D eigenvalue weighted by atomic mass is 35.5. The van der Waals surface area contributed by atoms with E-state index in [1.165, 1.54) is 0 Å². The summed E-state index contributed by atoms with van der Waals surface area (Å²) < 4.78 is 0. The molecule has 96 valence electrons. The first-order valence-electron chi connectivity index (χ1n) is 5.94. The molecular formula is C14H13ClN4. The Balaban J connectivity index is 2.31. The first kappa shape index (κ1) is 13.3. The maximum absolute atomic E-state index is 9.00. The van der Waals surface area contributed by atoms with Gasteiger partial charge in [0.1, 0.15) is 16.9 Å². The van der Waals surface area contributed by atoms with E-state index >= 15 is 0 Å². The Morgan fingerprint density at radius 3 is 2.63 bits per heavy atom. The van der Waals surface area contributed by atoms with Gasteiger partial charge in [-0.1, -0.05) is 11.6 Å². The Hall–Kier alpha value is -2.12. The lowest BCUT2D eigenvalue weighted by Gasteiger charge is -2.23. The van der Waals surface area contributed by atoms with Crippen molar-refractivity contribution in [3.8, 4) is 6.07 Å². The van der Waals surface area contributed by atoms with Gasteiger partial charge in [0.2, 0.25) is 0 Å². The molecule has 0 unspecified atom stereocenters. The predicted molar refractivity (Wildman–Crippen MR) is 74.9 cm³/mol. The third-order valence-corrected chi connectivity index (χ3v) is 3.17. The summed E-state index contributed by atoms with van der Waals surface area (Å²) in [6.07, 6.45) is 5.11. The maximum Gasteiger partial charge on any atom is 0.148 e. The van der Waals surface area contributed by atoms with E-state index in [-0.39, 0.29) is 0 Å². The zero-order chi connectivity index (χ0) is 13.7. The number of rotatable bonds is 4. The molecule has 2 heterocycles. The molecule has 5 heteroatoms. The normalized spacial score (nSPS) is 9.95. The minimum Gasteiger partial charge on any atom is -0.351 e. The van der Waals surface area contributed by atoms with Gasteiger partial charge in [0.05, 0.1) is 5.56 Å². The van der Waals surface area contributed by atoms with Crippen LogP contribution in [-0.4, -0.2) is 16.5 Å². The number of halogens is 1. The van der Waals surface area contributed by atoms with E-state index in [9.17, 15) is 0 Å². The van der Waals surface area contributed by atoms with Crippen LogP contribution >= 0.6 is 11.6 Å². The average Bonchev–Trinajstić information content (AvgIpc) is 2.46. The summed E-state index contributed by atoms with van der Waals surface area (Å²) in [5.74, 6) is 0.639. The Morgan fingerprint density at radius 1 is 1.26 bits per heavy atom. The number of hydrogen-bond acceptors (Lipinski definition) is 4. The van der Waals surface area contributed by atoms with E-state index in [0.29, 0.717) is 22.9 Å². The second-order valence-electron chi connectivity index (χ2n) is 3.98. The molecule has 0 fully saturated rings. The van der Waals surface area contributed by atoms with E-state index < -0.39 is 0 Å². The van der Waals surface area contributed by atoms with Gasteiger partial charge in [0, 0.05) is 31.7 Å². The van der Waals surface area contributed by atoms with Crippen molar-refractivity contribution in [2.75, 3.05) is 11.4 Å². The molecule has 4 nitrogen and oxygen atoms in total. The molecule has 0 aromatic carbocycles. The van der Waals surface area contributed by atoms with Gasteiger partial charge in [0.15, 0.2) is 0 Å². The summed E-state index contributed by atoms with van der Waals surface area (Å²) in [6, 6.07) is 7.59. The van der Waals surface area contributed by atoms with Crippen molar-refractivity contribution in [1.29, 1.82) is 5.26 Å². The van der Waals surface area contributed by atoms with Crippen LogP contribution in [0.1, 0.15) is 18.1 Å². The molecule has 0 aliphatic carbocycles. The van der Waals surface area contributed by atoms with E-state index in [4.69, 9.17) is 16.9 Å². The molecule has 0 N–H and O–H groups in total. The van der Waals surface area contributed by atoms with Gasteiger partial charge < -0.3 is 4.90 Å². The van der Waals surface area contributed by atoms with Crippen LogP contribution in [0.3, 0.4) is 0 Å². The third kappa shape index (κ3) is 3.01. The van der Waals surface area contributed by atoms with E-state index in [0.717, 1.165) is 12.1 Å². The van der Waals surface area contributed by atoms with Crippen LogP contribution < -0.4 is 4.90 Å². The van der Waals surface area contributed by atoms with Crippen LogP contribution in [0.15, 0.2) is 36.8 Å². The van der Waals surface area contributed by atoms with Crippen molar-refractivity contribution < 1.29 is 0 Å². The summed E-state index contributed by atoms with van der Waals surface area (Å²) in [7, 11) is 0. The smallest absolute Gasteiger partial charge is 0.148 e. The Bertz CT molecular complexity index is 592. The first-order chi connectivity index (χ1) is 9.26. The van der Waals surface area contributed by atoms with Crippen molar-refractivity contribution in [2.45, 2.75) is 13.5 Å². The minimum atomic E-state index is 0.404. The van der Waals surface area contributed by atoms with Crippen LogP contribution in [0.2, 0.25) is 5.02 Å². The van der Waals surface area contributed by atoms with E-state index in [1.807, 2.05) is 24.0 Å². The van der Waals surface area contributed by atoms with E-state index in [2.05, 4.69) is 16.0 Å². The SMILES string of the molecule is CCN(Cc1ccncc1)c1nccc(C#N)c1Cl. The highest BCUT2D eigenvalue weighted by molar-refractivity contribution is 6.34. The summed E-state index contributed by atoms with van der Waals surface area (Å²) in [4.78, 5) is 10.3. The van der Waals surface area contributed by atoms with Crippen LogP contribution in [-0.2, 0) is 6.54 Å². The molecule has 0 atom stereocenters. The Morgan fingerprint density at radius 2 is 2.00 bits per heavy atom. The Kier molecular flexibility index (Phi) is 4.32. The van der Waals surface area contributed by atoms with Crippen LogP contribution in [0.5, 0.6) is 0 Å². The van der Waals surface area contributed by atoms with Crippen LogP contribution in [0, 0.1) is 11.3 Å². The second-order valence-corrected chi connectivity index (χ2v) is 4.36. The number of nitrogens with zero attached hydrogens (tertiary/aromatic N) is 4. The fourth-order valence-corrected chi connectivity index (χ4v) is 2.06. The third-order valence-electron chi connectivity index (χ3n) is 2.80. The molecule has 0 bridgehead atoms. The van der Waals surface area contributed by atoms with Crippen LogP contribution in [0.25, 0.3) is 0 Å². The maximum atomic E-state index is 9.00. The molecule has 0 aliphatic rings. The van der Waals surface area contributed by atoms with Gasteiger partial charge in [-0.2, -0.15) is 5.26 Å².